The van der Waals surface area contributed by atoms with E-state index in [2.05, 4.69) is 10.6 Å². The summed E-state index contributed by atoms with van der Waals surface area (Å²) in [5.74, 6) is -0.428. The zero-order valence-electron chi connectivity index (χ0n) is 14.4. The summed E-state index contributed by atoms with van der Waals surface area (Å²) in [6.07, 6.45) is 1.58. The largest absolute Gasteiger partial charge is 0.392 e. The van der Waals surface area contributed by atoms with Crippen LogP contribution in [0, 0.1) is 0 Å². The summed E-state index contributed by atoms with van der Waals surface area (Å²) in [5.41, 5.74) is 2.24. The summed E-state index contributed by atoms with van der Waals surface area (Å²) in [5, 5.41) is 14.8. The van der Waals surface area contributed by atoms with E-state index in [0.717, 1.165) is 17.5 Å². The number of rotatable bonds is 8. The number of aliphatic hydroxyl groups excluding tert-OH is 1. The standard InChI is InChI=1S/C20H24N2O3/c1-2-7-18(22-19(24)13-15-8-4-3-5-9-15)20(25)21-17-11-6-10-16(12-17)14-23/h3-6,8-12,18,23H,2,7,13-14H2,1H3,(H,21,25)(H,22,24). The maximum absolute atomic E-state index is 12.5. The quantitative estimate of drug-likeness (QED) is 0.691. The van der Waals surface area contributed by atoms with Gasteiger partial charge in [0.2, 0.25) is 11.8 Å². The Morgan fingerprint density at radius 1 is 1.04 bits per heavy atom. The minimum absolute atomic E-state index is 0.0874. The van der Waals surface area contributed by atoms with Gasteiger partial charge in [0.15, 0.2) is 0 Å². The third-order valence-corrected chi connectivity index (χ3v) is 3.81. The van der Waals surface area contributed by atoms with Gasteiger partial charge in [-0.3, -0.25) is 9.59 Å². The number of aliphatic hydroxyl groups is 1. The van der Waals surface area contributed by atoms with Gasteiger partial charge in [0.25, 0.3) is 0 Å². The van der Waals surface area contributed by atoms with Crippen molar-refractivity contribution in [3.05, 3.63) is 65.7 Å². The first-order valence-electron chi connectivity index (χ1n) is 8.46. The van der Waals surface area contributed by atoms with Crippen LogP contribution in [0.2, 0.25) is 0 Å². The molecule has 0 bridgehead atoms. The van der Waals surface area contributed by atoms with Crippen LogP contribution in [0.15, 0.2) is 54.6 Å². The Balaban J connectivity index is 1.98. The molecule has 2 aromatic carbocycles. The average molecular weight is 340 g/mol. The smallest absolute Gasteiger partial charge is 0.246 e. The molecule has 0 saturated carbocycles. The van der Waals surface area contributed by atoms with Crippen molar-refractivity contribution in [3.8, 4) is 0 Å². The van der Waals surface area contributed by atoms with E-state index in [1.165, 1.54) is 0 Å². The van der Waals surface area contributed by atoms with Crippen molar-refractivity contribution in [2.75, 3.05) is 5.32 Å². The third kappa shape index (κ3) is 6.04. The van der Waals surface area contributed by atoms with Crippen LogP contribution in [0.3, 0.4) is 0 Å². The summed E-state index contributed by atoms with van der Waals surface area (Å²) >= 11 is 0. The molecule has 2 aromatic rings. The summed E-state index contributed by atoms with van der Waals surface area (Å²) in [6.45, 7) is 1.88. The zero-order chi connectivity index (χ0) is 18.1. The predicted molar refractivity (Wildman–Crippen MR) is 98.0 cm³/mol. The number of nitrogens with one attached hydrogen (secondary N) is 2. The molecule has 25 heavy (non-hydrogen) atoms. The predicted octanol–water partition coefficient (Wildman–Crippen LogP) is 2.65. The normalized spacial score (nSPS) is 11.6. The molecule has 0 heterocycles. The van der Waals surface area contributed by atoms with Gasteiger partial charge in [0.1, 0.15) is 6.04 Å². The minimum Gasteiger partial charge on any atom is -0.392 e. The molecule has 0 aliphatic rings. The molecule has 0 saturated heterocycles. The SMILES string of the molecule is CCCC(NC(=O)Cc1ccccc1)C(=O)Nc1cccc(CO)c1. The van der Waals surface area contributed by atoms with E-state index in [1.807, 2.05) is 37.3 Å². The molecule has 0 aromatic heterocycles. The molecule has 1 atom stereocenters. The number of hydrogen-bond donors (Lipinski definition) is 3. The van der Waals surface area contributed by atoms with Crippen LogP contribution in [-0.2, 0) is 22.6 Å². The lowest BCUT2D eigenvalue weighted by Gasteiger charge is -2.18. The van der Waals surface area contributed by atoms with Gasteiger partial charge in [-0.05, 0) is 29.7 Å². The van der Waals surface area contributed by atoms with Gasteiger partial charge in [-0.25, -0.2) is 0 Å². The Morgan fingerprint density at radius 2 is 1.76 bits per heavy atom. The molecule has 132 valence electrons. The Labute approximate surface area is 148 Å². The number of amides is 2. The van der Waals surface area contributed by atoms with Gasteiger partial charge in [-0.1, -0.05) is 55.8 Å². The highest BCUT2D eigenvalue weighted by Crippen LogP contribution is 2.12. The van der Waals surface area contributed by atoms with E-state index in [0.29, 0.717) is 12.1 Å². The topological polar surface area (TPSA) is 78.4 Å². The Bertz CT molecular complexity index is 701. The first kappa shape index (κ1) is 18.7. The average Bonchev–Trinajstić information content (AvgIpc) is 2.62. The van der Waals surface area contributed by atoms with E-state index in [1.54, 1.807) is 24.3 Å². The van der Waals surface area contributed by atoms with Gasteiger partial charge < -0.3 is 15.7 Å². The fourth-order valence-corrected chi connectivity index (χ4v) is 2.56. The van der Waals surface area contributed by atoms with Crippen molar-refractivity contribution >= 4 is 17.5 Å². The summed E-state index contributed by atoms with van der Waals surface area (Å²) < 4.78 is 0. The van der Waals surface area contributed by atoms with E-state index in [-0.39, 0.29) is 24.8 Å². The van der Waals surface area contributed by atoms with Gasteiger partial charge in [0, 0.05) is 5.69 Å². The Kier molecular flexibility index (Phi) is 7.16. The lowest BCUT2D eigenvalue weighted by atomic mass is 10.1. The molecular weight excluding hydrogens is 316 g/mol. The molecule has 0 aliphatic heterocycles. The molecule has 3 N–H and O–H groups in total. The molecule has 0 spiro atoms. The lowest BCUT2D eigenvalue weighted by molar-refractivity contribution is -0.126. The maximum atomic E-state index is 12.5. The molecule has 1 unspecified atom stereocenters. The van der Waals surface area contributed by atoms with Crippen LogP contribution >= 0.6 is 0 Å². The molecule has 2 rings (SSSR count). The Hall–Kier alpha value is -2.66. The van der Waals surface area contributed by atoms with Crippen molar-refractivity contribution in [2.24, 2.45) is 0 Å². The second-order valence-electron chi connectivity index (χ2n) is 5.92. The van der Waals surface area contributed by atoms with Crippen LogP contribution in [0.1, 0.15) is 30.9 Å². The van der Waals surface area contributed by atoms with E-state index < -0.39 is 6.04 Å². The van der Waals surface area contributed by atoms with Gasteiger partial charge in [-0.15, -0.1) is 0 Å². The van der Waals surface area contributed by atoms with Crippen LogP contribution in [0.5, 0.6) is 0 Å². The van der Waals surface area contributed by atoms with Crippen LogP contribution in [0.4, 0.5) is 5.69 Å². The fourth-order valence-electron chi connectivity index (χ4n) is 2.56. The maximum Gasteiger partial charge on any atom is 0.246 e. The molecule has 0 radical (unpaired) electrons. The molecule has 0 aliphatic carbocycles. The molecule has 5 nitrogen and oxygen atoms in total. The summed E-state index contributed by atoms with van der Waals surface area (Å²) in [6, 6.07) is 15.9. The van der Waals surface area contributed by atoms with E-state index >= 15 is 0 Å². The highest BCUT2D eigenvalue weighted by Gasteiger charge is 2.20. The van der Waals surface area contributed by atoms with Crippen LogP contribution in [-0.4, -0.2) is 23.0 Å². The van der Waals surface area contributed by atoms with Crippen molar-refractivity contribution in [2.45, 2.75) is 38.8 Å². The molecular formula is C20H24N2O3. The number of hydrogen-bond acceptors (Lipinski definition) is 3. The summed E-state index contributed by atoms with van der Waals surface area (Å²) in [4.78, 5) is 24.7. The molecule has 0 fully saturated rings. The van der Waals surface area contributed by atoms with Crippen LogP contribution < -0.4 is 10.6 Å². The molecule has 2 amide bonds. The number of carbonyl (C=O) groups is 2. The van der Waals surface area contributed by atoms with Gasteiger partial charge in [-0.2, -0.15) is 0 Å². The zero-order valence-corrected chi connectivity index (χ0v) is 14.4. The second kappa shape index (κ2) is 9.59. The second-order valence-corrected chi connectivity index (χ2v) is 5.92. The highest BCUT2D eigenvalue weighted by atomic mass is 16.3. The monoisotopic (exact) mass is 340 g/mol. The van der Waals surface area contributed by atoms with E-state index in [4.69, 9.17) is 0 Å². The van der Waals surface area contributed by atoms with Crippen molar-refractivity contribution in [3.63, 3.8) is 0 Å². The van der Waals surface area contributed by atoms with Crippen molar-refractivity contribution < 1.29 is 14.7 Å². The Morgan fingerprint density at radius 3 is 2.44 bits per heavy atom. The van der Waals surface area contributed by atoms with Gasteiger partial charge >= 0.3 is 0 Å². The first-order chi connectivity index (χ1) is 12.1. The summed E-state index contributed by atoms with van der Waals surface area (Å²) in [7, 11) is 0. The van der Waals surface area contributed by atoms with E-state index in [9.17, 15) is 14.7 Å². The fraction of sp³-hybridized carbons (Fsp3) is 0.300. The highest BCUT2D eigenvalue weighted by molar-refractivity contribution is 5.97. The number of benzene rings is 2. The number of anilines is 1. The first-order valence-corrected chi connectivity index (χ1v) is 8.46. The van der Waals surface area contributed by atoms with Crippen LogP contribution in [0.25, 0.3) is 0 Å². The third-order valence-electron chi connectivity index (χ3n) is 3.81. The lowest BCUT2D eigenvalue weighted by Crippen LogP contribution is -2.44. The number of carbonyl (C=O) groups excluding carboxylic acids is 2. The van der Waals surface area contributed by atoms with Crippen molar-refractivity contribution in [1.82, 2.24) is 5.32 Å². The minimum atomic E-state index is -0.584. The van der Waals surface area contributed by atoms with Gasteiger partial charge in [0.05, 0.1) is 13.0 Å². The van der Waals surface area contributed by atoms with Crippen molar-refractivity contribution in [1.29, 1.82) is 0 Å². The molecule has 5 heteroatoms.